The fourth-order valence-electron chi connectivity index (χ4n) is 3.53. The van der Waals surface area contributed by atoms with Crippen LogP contribution >= 0.6 is 12.6 Å². The summed E-state index contributed by atoms with van der Waals surface area (Å²) in [6.45, 7) is 18.1. The van der Waals surface area contributed by atoms with Gasteiger partial charge in [0.1, 0.15) is 12.6 Å². The molecule has 1 N–H and O–H groups in total. The molecule has 9 heteroatoms. The van der Waals surface area contributed by atoms with E-state index >= 15 is 0 Å². The number of thiol groups is 1. The van der Waals surface area contributed by atoms with Crippen LogP contribution in [0.15, 0.2) is 24.3 Å². The lowest BCUT2D eigenvalue weighted by atomic mass is 9.88. The van der Waals surface area contributed by atoms with Crippen molar-refractivity contribution in [3.63, 3.8) is 0 Å². The minimum absolute atomic E-state index is 0.0926. The van der Waals surface area contributed by atoms with Crippen molar-refractivity contribution in [3.8, 4) is 0 Å². The minimum Gasteiger partial charge on any atom is -0.444 e. The van der Waals surface area contributed by atoms with E-state index < -0.39 is 23.5 Å². The van der Waals surface area contributed by atoms with E-state index in [1.807, 2.05) is 47.6 Å². The number of carbonyl (C=O) groups excluding carboxylic acids is 4. The zero-order chi connectivity index (χ0) is 30.6. The minimum atomic E-state index is -0.758. The molecule has 1 saturated heterocycles. The summed E-state index contributed by atoms with van der Waals surface area (Å²) in [5.41, 5.74) is 0.620. The van der Waals surface area contributed by atoms with Crippen molar-refractivity contribution in [3.05, 3.63) is 35.4 Å². The van der Waals surface area contributed by atoms with E-state index in [9.17, 15) is 19.2 Å². The predicted molar refractivity (Wildman–Crippen MR) is 163 cm³/mol. The first kappa shape index (κ1) is 38.6. The molecule has 8 nitrogen and oxygen atoms in total. The Hall–Kier alpha value is -2.55. The Labute approximate surface area is 242 Å². The average Bonchev–Trinajstić information content (AvgIpc) is 3.37. The van der Waals surface area contributed by atoms with Gasteiger partial charge in [0.2, 0.25) is 12.3 Å². The first-order valence-corrected chi connectivity index (χ1v) is 14.9. The highest BCUT2D eigenvalue weighted by Crippen LogP contribution is 2.24. The maximum Gasteiger partial charge on any atom is 0.407 e. The summed E-state index contributed by atoms with van der Waals surface area (Å²) in [7, 11) is 0. The van der Waals surface area contributed by atoms with Crippen LogP contribution < -0.4 is 5.32 Å². The van der Waals surface area contributed by atoms with Gasteiger partial charge in [0.05, 0.1) is 6.54 Å². The fourth-order valence-corrected chi connectivity index (χ4v) is 3.53. The van der Waals surface area contributed by atoms with Crippen molar-refractivity contribution in [2.75, 3.05) is 25.9 Å². The molecular formula is C30H53N3O5S. The van der Waals surface area contributed by atoms with Gasteiger partial charge in [0.15, 0.2) is 0 Å². The molecule has 1 heterocycles. The topological polar surface area (TPSA) is 96.0 Å². The van der Waals surface area contributed by atoms with Gasteiger partial charge in [-0.05, 0) is 44.6 Å². The molecule has 1 aliphatic rings. The summed E-state index contributed by atoms with van der Waals surface area (Å²) in [6.07, 6.45) is 5.19. The number of hydrogen-bond acceptors (Lipinski definition) is 6. The molecule has 39 heavy (non-hydrogen) atoms. The van der Waals surface area contributed by atoms with E-state index in [1.165, 1.54) is 12.8 Å². The Morgan fingerprint density at radius 1 is 1.15 bits per heavy atom. The van der Waals surface area contributed by atoms with Gasteiger partial charge in [0.25, 0.3) is 5.91 Å². The van der Waals surface area contributed by atoms with Crippen LogP contribution in [0.5, 0.6) is 0 Å². The number of unbranched alkanes of at least 4 members (excludes halogenated alkanes) is 1. The highest BCUT2D eigenvalue weighted by atomic mass is 32.1. The van der Waals surface area contributed by atoms with E-state index in [1.54, 1.807) is 36.3 Å². The monoisotopic (exact) mass is 567 g/mol. The van der Waals surface area contributed by atoms with Gasteiger partial charge in [-0.25, -0.2) is 4.79 Å². The average molecular weight is 568 g/mol. The van der Waals surface area contributed by atoms with Crippen LogP contribution in [0.3, 0.4) is 0 Å². The summed E-state index contributed by atoms with van der Waals surface area (Å²) >= 11 is 3.53. The Bertz CT molecular complexity index is 855. The molecule has 1 unspecified atom stereocenters. The summed E-state index contributed by atoms with van der Waals surface area (Å²) in [6, 6.07) is 7.15. The van der Waals surface area contributed by atoms with Crippen LogP contribution in [-0.4, -0.2) is 72.2 Å². The van der Waals surface area contributed by atoms with E-state index in [0.29, 0.717) is 18.5 Å². The van der Waals surface area contributed by atoms with E-state index in [2.05, 4.69) is 31.8 Å². The highest BCUT2D eigenvalue weighted by molar-refractivity contribution is 7.79. The number of aryl methyl sites for hydroxylation is 1. The number of alkyl carbamates (subject to hydrolysis) is 1. The second kappa shape index (κ2) is 21.3. The quantitative estimate of drug-likeness (QED) is 0.291. The zero-order valence-electron chi connectivity index (χ0n) is 25.9. The second-order valence-corrected chi connectivity index (χ2v) is 10.1. The molecule has 1 aliphatic heterocycles. The number of likely N-dealkylation sites (tertiary alicyclic amines) is 1. The van der Waals surface area contributed by atoms with Crippen LogP contribution in [0.2, 0.25) is 0 Å². The lowest BCUT2D eigenvalue weighted by molar-refractivity contribution is -0.130. The normalized spacial score (nSPS) is 14.6. The molecule has 224 valence electrons. The Morgan fingerprint density at radius 2 is 1.72 bits per heavy atom. The molecule has 0 bridgehead atoms. The summed E-state index contributed by atoms with van der Waals surface area (Å²) < 4.78 is 5.53. The second-order valence-electron chi connectivity index (χ2n) is 10.1. The number of imide groups is 1. The number of rotatable bonds is 8. The molecule has 4 amide bonds. The largest absolute Gasteiger partial charge is 0.444 e. The first-order valence-electron chi connectivity index (χ1n) is 14.0. The first-order chi connectivity index (χ1) is 18.5. The standard InChI is InChI=1S/C23H33N3O5.C4H10.C2H6.CH4S/c1-16-9-6-7-11-18(16)21(29)25(15-27)14-19(23(3,4)5)31-22(30)24-13-20(28)26-12-8-10-17(26)2;1-3-4-2;2*1-2/h6-7,9,11,15,17,19H,8,10,12-14H2,1-5H3,(H,24,30);3-4H2,1-2H3;1-2H3;2H,1H3/t17-,19?;;;/m1.../s1. The SMILES string of the molecule is CC.CCCC.CS.Cc1ccccc1C(=O)N(C=O)CC(OC(=O)NCC(=O)N1CCC[C@H]1C)C(C)(C)C. The van der Waals surface area contributed by atoms with E-state index in [-0.39, 0.29) is 25.0 Å². The molecule has 0 aromatic heterocycles. The fraction of sp³-hybridized carbons (Fsp3) is 0.667. The third-order valence-corrected chi connectivity index (χ3v) is 6.10. The lowest BCUT2D eigenvalue weighted by Gasteiger charge is -2.33. The van der Waals surface area contributed by atoms with Crippen LogP contribution in [0, 0.1) is 12.3 Å². The van der Waals surface area contributed by atoms with Gasteiger partial charge in [0, 0.05) is 23.6 Å². The number of nitrogens with zero attached hydrogens (tertiary/aromatic N) is 2. The lowest BCUT2D eigenvalue weighted by Crippen LogP contribution is -2.47. The molecule has 2 rings (SSSR count). The molecule has 0 spiro atoms. The zero-order valence-corrected chi connectivity index (χ0v) is 26.8. The maximum absolute atomic E-state index is 12.8. The van der Waals surface area contributed by atoms with Crippen molar-refractivity contribution < 1.29 is 23.9 Å². The summed E-state index contributed by atoms with van der Waals surface area (Å²) in [5, 5.41) is 2.50. The molecule has 2 atom stereocenters. The number of ether oxygens (including phenoxy) is 1. The molecular weight excluding hydrogens is 514 g/mol. The number of benzene rings is 1. The van der Waals surface area contributed by atoms with Gasteiger partial charge in [-0.3, -0.25) is 19.3 Å². The highest BCUT2D eigenvalue weighted by Gasteiger charge is 2.33. The Morgan fingerprint density at radius 3 is 2.15 bits per heavy atom. The number of carbonyl (C=O) groups is 4. The van der Waals surface area contributed by atoms with Crippen molar-refractivity contribution in [2.45, 2.75) is 100 Å². The van der Waals surface area contributed by atoms with Crippen molar-refractivity contribution in [1.29, 1.82) is 0 Å². The summed E-state index contributed by atoms with van der Waals surface area (Å²) in [5.74, 6) is -0.608. The van der Waals surface area contributed by atoms with Gasteiger partial charge in [-0.15, -0.1) is 0 Å². The van der Waals surface area contributed by atoms with Crippen molar-refractivity contribution in [2.24, 2.45) is 5.41 Å². The third-order valence-electron chi connectivity index (χ3n) is 6.10. The number of amides is 4. The Kier molecular flexibility index (Phi) is 21.1. The molecule has 1 aromatic rings. The molecule has 1 fully saturated rings. The van der Waals surface area contributed by atoms with Crippen LogP contribution in [0.4, 0.5) is 4.79 Å². The van der Waals surface area contributed by atoms with Crippen LogP contribution in [-0.2, 0) is 14.3 Å². The number of hydrogen-bond donors (Lipinski definition) is 2. The maximum atomic E-state index is 12.8. The molecule has 0 radical (unpaired) electrons. The molecule has 1 aromatic carbocycles. The number of nitrogens with one attached hydrogen (secondary N) is 1. The molecule has 0 aliphatic carbocycles. The van der Waals surface area contributed by atoms with Gasteiger partial charge in [-0.2, -0.15) is 12.6 Å². The molecule has 0 saturated carbocycles. The van der Waals surface area contributed by atoms with Crippen LogP contribution in [0.1, 0.15) is 97.0 Å². The van der Waals surface area contributed by atoms with Gasteiger partial charge < -0.3 is 15.0 Å². The third kappa shape index (κ3) is 14.4. The van der Waals surface area contributed by atoms with E-state index in [0.717, 1.165) is 23.3 Å². The van der Waals surface area contributed by atoms with Crippen LogP contribution in [0.25, 0.3) is 0 Å². The predicted octanol–water partition coefficient (Wildman–Crippen LogP) is 6.12. The van der Waals surface area contributed by atoms with E-state index in [4.69, 9.17) is 4.74 Å². The van der Waals surface area contributed by atoms with Crippen molar-refractivity contribution in [1.82, 2.24) is 15.1 Å². The van der Waals surface area contributed by atoms with Gasteiger partial charge >= 0.3 is 6.09 Å². The van der Waals surface area contributed by atoms with Gasteiger partial charge in [-0.1, -0.05) is 79.5 Å². The summed E-state index contributed by atoms with van der Waals surface area (Å²) in [4.78, 5) is 51.9. The van der Waals surface area contributed by atoms with Crippen molar-refractivity contribution >= 4 is 36.9 Å². The Balaban J connectivity index is 0. The smallest absolute Gasteiger partial charge is 0.407 e.